The van der Waals surface area contributed by atoms with Crippen molar-refractivity contribution in [1.82, 2.24) is 34.0 Å². The van der Waals surface area contributed by atoms with Crippen LogP contribution >= 0.6 is 11.6 Å². The molecule has 0 radical (unpaired) electrons. The lowest BCUT2D eigenvalue weighted by Crippen LogP contribution is -2.47. The minimum Gasteiger partial charge on any atom is -0.503 e. The number of hydrogen-bond acceptors (Lipinski definition) is 12. The number of anilines is 3. The van der Waals surface area contributed by atoms with Crippen LogP contribution in [0.1, 0.15) is 65.8 Å². The topological polar surface area (TPSA) is 176 Å². The fourth-order valence-corrected chi connectivity index (χ4v) is 8.24. The minimum absolute atomic E-state index is 0.0249. The van der Waals surface area contributed by atoms with Crippen LogP contribution in [0.4, 0.5) is 30.6 Å². The first-order valence-electron chi connectivity index (χ1n) is 17.6. The zero-order chi connectivity index (χ0) is 38.8. The third-order valence-corrected chi connectivity index (χ3v) is 11.0. The molecule has 8 rings (SSSR count). The van der Waals surface area contributed by atoms with E-state index < -0.39 is 40.9 Å². The van der Waals surface area contributed by atoms with Gasteiger partial charge < -0.3 is 29.5 Å². The van der Waals surface area contributed by atoms with Gasteiger partial charge in [0.15, 0.2) is 17.3 Å². The van der Waals surface area contributed by atoms with Crippen LogP contribution in [-0.2, 0) is 27.7 Å². The average Bonchev–Trinajstić information content (AvgIpc) is 3.70. The zero-order valence-electron chi connectivity index (χ0n) is 29.6. The van der Waals surface area contributed by atoms with E-state index in [0.717, 1.165) is 42.2 Å². The average molecular weight is 782 g/mol. The number of benzene rings is 1. The van der Waals surface area contributed by atoms with Crippen LogP contribution in [0.15, 0.2) is 46.6 Å². The number of ether oxygens (including phenoxy) is 1. The molecule has 4 aromatic rings. The molecule has 6 heterocycles. The van der Waals surface area contributed by atoms with Crippen LogP contribution in [0.2, 0.25) is 5.02 Å². The Kier molecular flexibility index (Phi) is 9.02. The van der Waals surface area contributed by atoms with Gasteiger partial charge in [0, 0.05) is 62.4 Å². The Morgan fingerprint density at radius 2 is 1.91 bits per heavy atom. The summed E-state index contributed by atoms with van der Waals surface area (Å²) in [6.07, 6.45) is 2.92. The fourth-order valence-electron chi connectivity index (χ4n) is 8.02. The SMILES string of the molecule is COC1N=CC=CN1c1nc2n(CC(=O)Nc3ccc(C(F)(F)F)cc3Cl)c3c(c(=O)n2n1)C1(CCN(C(=O)c2ncnc(N4CCC4)c2O)CC1)CC3C. The Morgan fingerprint density at radius 3 is 2.58 bits per heavy atom. The largest absolute Gasteiger partial charge is 0.503 e. The summed E-state index contributed by atoms with van der Waals surface area (Å²) in [5.74, 6) is -1.15. The number of amides is 2. The number of carbonyl (C=O) groups excluding carboxylic acids is 2. The van der Waals surface area contributed by atoms with Gasteiger partial charge in [-0.15, -0.1) is 5.10 Å². The Balaban J connectivity index is 1.15. The number of allylic oxidation sites excluding steroid dienone is 1. The van der Waals surface area contributed by atoms with E-state index in [1.165, 1.54) is 18.3 Å². The van der Waals surface area contributed by atoms with Gasteiger partial charge in [0.1, 0.15) is 12.9 Å². The summed E-state index contributed by atoms with van der Waals surface area (Å²) < 4.78 is 48.1. The Bertz CT molecular complexity index is 2330. The van der Waals surface area contributed by atoms with Crippen LogP contribution in [-0.4, -0.2) is 96.8 Å². The van der Waals surface area contributed by atoms with Crippen molar-refractivity contribution in [3.05, 3.63) is 74.7 Å². The van der Waals surface area contributed by atoms with Crippen molar-refractivity contribution in [3.8, 4) is 5.75 Å². The van der Waals surface area contributed by atoms with Crippen molar-refractivity contribution in [3.63, 3.8) is 0 Å². The van der Waals surface area contributed by atoms with Gasteiger partial charge >= 0.3 is 6.18 Å². The minimum atomic E-state index is -4.62. The first kappa shape index (κ1) is 36.4. The molecule has 0 bridgehead atoms. The van der Waals surface area contributed by atoms with Gasteiger partial charge in [0.2, 0.25) is 18.0 Å². The summed E-state index contributed by atoms with van der Waals surface area (Å²) in [6.45, 7) is 3.51. The summed E-state index contributed by atoms with van der Waals surface area (Å²) in [5, 5.41) is 17.8. The molecule has 55 heavy (non-hydrogen) atoms. The van der Waals surface area contributed by atoms with E-state index in [0.29, 0.717) is 36.3 Å². The second-order valence-corrected chi connectivity index (χ2v) is 14.4. The highest BCUT2D eigenvalue weighted by Crippen LogP contribution is 2.50. The van der Waals surface area contributed by atoms with E-state index >= 15 is 0 Å². The molecule has 2 fully saturated rings. The maximum atomic E-state index is 14.6. The molecule has 2 atom stereocenters. The second-order valence-electron chi connectivity index (χ2n) is 14.0. The molecule has 20 heteroatoms. The first-order chi connectivity index (χ1) is 26.3. The van der Waals surface area contributed by atoms with Crippen molar-refractivity contribution >= 4 is 52.9 Å². The molecule has 2 unspecified atom stereocenters. The van der Waals surface area contributed by atoms with E-state index in [1.807, 2.05) is 11.8 Å². The number of aromatic hydroxyl groups is 1. The van der Waals surface area contributed by atoms with E-state index in [-0.39, 0.29) is 59.4 Å². The highest BCUT2D eigenvalue weighted by Gasteiger charge is 2.49. The molecule has 0 saturated carbocycles. The smallest absolute Gasteiger partial charge is 0.416 e. The fraction of sp³-hybridized carbons (Fsp3) is 0.429. The van der Waals surface area contributed by atoms with Crippen molar-refractivity contribution in [2.75, 3.05) is 48.4 Å². The molecule has 1 aromatic carbocycles. The summed E-state index contributed by atoms with van der Waals surface area (Å²) in [6, 6.07) is 2.64. The van der Waals surface area contributed by atoms with Crippen LogP contribution in [0, 0.1) is 0 Å². The van der Waals surface area contributed by atoms with Gasteiger partial charge in [0.25, 0.3) is 17.4 Å². The molecule has 16 nitrogen and oxygen atoms in total. The zero-order valence-corrected chi connectivity index (χ0v) is 30.4. The lowest BCUT2D eigenvalue weighted by Gasteiger charge is -2.39. The van der Waals surface area contributed by atoms with Crippen molar-refractivity contribution in [1.29, 1.82) is 0 Å². The predicted octanol–water partition coefficient (Wildman–Crippen LogP) is 3.92. The highest BCUT2D eigenvalue weighted by molar-refractivity contribution is 6.33. The number of aromatic nitrogens is 6. The van der Waals surface area contributed by atoms with Gasteiger partial charge in [-0.05, 0) is 55.9 Å². The number of rotatable bonds is 7. The van der Waals surface area contributed by atoms with E-state index in [1.54, 1.807) is 28.0 Å². The van der Waals surface area contributed by atoms with Crippen molar-refractivity contribution in [2.24, 2.45) is 4.99 Å². The third kappa shape index (κ3) is 6.24. The number of methoxy groups -OCH3 is 1. The molecule has 4 aliphatic rings. The van der Waals surface area contributed by atoms with E-state index in [4.69, 9.17) is 16.3 Å². The molecule has 1 aliphatic carbocycles. The van der Waals surface area contributed by atoms with Crippen LogP contribution < -0.4 is 20.7 Å². The van der Waals surface area contributed by atoms with Gasteiger partial charge in [-0.3, -0.25) is 19.3 Å². The lowest BCUT2D eigenvalue weighted by molar-refractivity contribution is -0.137. The van der Waals surface area contributed by atoms with Crippen LogP contribution in [0.5, 0.6) is 5.75 Å². The Labute approximate surface area is 315 Å². The molecule has 1 spiro atoms. The first-order valence-corrected chi connectivity index (χ1v) is 18.0. The molecule has 2 amide bonds. The van der Waals surface area contributed by atoms with Crippen LogP contribution in [0.3, 0.4) is 0 Å². The number of fused-ring (bicyclic) bond motifs is 3. The molecule has 2 saturated heterocycles. The second kappa shape index (κ2) is 13.6. The number of likely N-dealkylation sites (tertiary alicyclic amines) is 1. The summed E-state index contributed by atoms with van der Waals surface area (Å²) >= 11 is 6.17. The number of halogens is 4. The number of alkyl halides is 3. The van der Waals surface area contributed by atoms with E-state index in [9.17, 15) is 32.7 Å². The molecule has 3 aromatic heterocycles. The standard InChI is InChI=1S/C35H35ClF3N11O5/c1-19-16-34(7-13-47(14-8-34)30(54)25-27(52)28(42-18-41-25)46-10-4-11-46)24-26(19)49(17-23(51)43-22-6-5-20(15-21(22)36)35(37,38)39)32-44-31(45-50(32)29(24)53)48-12-3-9-40-33(48)55-2/h3,5-6,9,12,15,18-19,33,52H,4,7-8,10-11,13-14,16-17H2,1-2H3,(H,43,51). The quantitative estimate of drug-likeness (QED) is 0.278. The maximum Gasteiger partial charge on any atom is 0.416 e. The molecule has 288 valence electrons. The number of piperidine rings is 1. The maximum absolute atomic E-state index is 14.6. The monoisotopic (exact) mass is 781 g/mol. The Morgan fingerprint density at radius 1 is 1.15 bits per heavy atom. The predicted molar refractivity (Wildman–Crippen MR) is 194 cm³/mol. The van der Waals surface area contributed by atoms with Gasteiger partial charge in [-0.25, -0.2) is 15.0 Å². The number of nitrogens with zero attached hydrogens (tertiary/aromatic N) is 10. The number of carbonyl (C=O) groups is 2. The Hall–Kier alpha value is -5.56. The lowest BCUT2D eigenvalue weighted by atomic mass is 9.73. The normalized spacial score (nSPS) is 20.3. The van der Waals surface area contributed by atoms with Crippen LogP contribution in [0.25, 0.3) is 5.78 Å². The van der Waals surface area contributed by atoms with Crippen molar-refractivity contribution < 1.29 is 32.6 Å². The highest BCUT2D eigenvalue weighted by atomic mass is 35.5. The van der Waals surface area contributed by atoms with Gasteiger partial charge in [0.05, 0.1) is 16.3 Å². The van der Waals surface area contributed by atoms with Crippen molar-refractivity contribution in [2.45, 2.75) is 63.0 Å². The molecular weight excluding hydrogens is 747 g/mol. The van der Waals surface area contributed by atoms with Gasteiger partial charge in [-0.1, -0.05) is 18.5 Å². The number of aliphatic imine (C=N–C) groups is 1. The molecule has 2 N–H and O–H groups in total. The summed E-state index contributed by atoms with van der Waals surface area (Å²) in [7, 11) is 1.45. The van der Waals surface area contributed by atoms with Gasteiger partial charge in [-0.2, -0.15) is 22.7 Å². The third-order valence-electron chi connectivity index (χ3n) is 10.7. The molecule has 3 aliphatic heterocycles. The number of hydrogen-bond donors (Lipinski definition) is 2. The number of nitrogens with one attached hydrogen (secondary N) is 1. The van der Waals surface area contributed by atoms with E-state index in [2.05, 4.69) is 30.4 Å². The summed E-state index contributed by atoms with van der Waals surface area (Å²) in [5.41, 5.74) is -1.21. The molecular formula is C35H35ClF3N11O5. The summed E-state index contributed by atoms with van der Waals surface area (Å²) in [4.78, 5) is 64.2.